The first-order chi connectivity index (χ1) is 16.6. The Morgan fingerprint density at radius 2 is 1.62 bits per heavy atom. The van der Waals surface area contributed by atoms with Crippen LogP contribution in [0.3, 0.4) is 0 Å². The molecule has 0 saturated heterocycles. The van der Waals surface area contributed by atoms with E-state index in [1.807, 2.05) is 79.7 Å². The lowest BCUT2D eigenvalue weighted by Crippen LogP contribution is -2.23. The highest BCUT2D eigenvalue weighted by Gasteiger charge is 2.31. The molecule has 0 fully saturated rings. The number of nitrogens with zero attached hydrogens (tertiary/aromatic N) is 3. The first kappa shape index (κ1) is 20.1. The van der Waals surface area contributed by atoms with E-state index in [-0.39, 0.29) is 5.91 Å². The van der Waals surface area contributed by atoms with Crippen molar-refractivity contribution >= 4 is 28.1 Å². The Morgan fingerprint density at radius 1 is 0.853 bits per heavy atom. The average molecular weight is 443 g/mol. The van der Waals surface area contributed by atoms with E-state index >= 15 is 0 Å². The molecular formula is C29H22N4O. The Labute approximate surface area is 197 Å². The number of allylic oxidation sites excluding steroid dienone is 2. The predicted octanol–water partition coefficient (Wildman–Crippen LogP) is 6.02. The average Bonchev–Trinajstić information content (AvgIpc) is 3.24. The molecule has 2 aromatic heterocycles. The normalized spacial score (nSPS) is 13.4. The van der Waals surface area contributed by atoms with Crippen LogP contribution in [0.5, 0.6) is 0 Å². The summed E-state index contributed by atoms with van der Waals surface area (Å²) in [6.07, 6.45) is 2.41. The van der Waals surface area contributed by atoms with Crippen LogP contribution in [0.2, 0.25) is 0 Å². The van der Waals surface area contributed by atoms with Gasteiger partial charge in [-0.2, -0.15) is 9.78 Å². The van der Waals surface area contributed by atoms with Gasteiger partial charge in [0.15, 0.2) is 0 Å². The van der Waals surface area contributed by atoms with Crippen molar-refractivity contribution in [3.63, 3.8) is 0 Å². The van der Waals surface area contributed by atoms with Gasteiger partial charge in [0, 0.05) is 40.4 Å². The molecule has 0 saturated carbocycles. The van der Waals surface area contributed by atoms with Gasteiger partial charge < -0.3 is 5.73 Å². The molecule has 6 rings (SSSR count). The number of anilines is 1. The van der Waals surface area contributed by atoms with Crippen LogP contribution in [0.4, 0.5) is 5.69 Å². The van der Waals surface area contributed by atoms with Crippen LogP contribution in [0.25, 0.3) is 38.9 Å². The Kier molecular flexibility index (Phi) is 4.62. The first-order valence-corrected chi connectivity index (χ1v) is 11.2. The van der Waals surface area contributed by atoms with Crippen LogP contribution in [-0.4, -0.2) is 20.7 Å². The molecule has 0 amide bonds. The molecule has 34 heavy (non-hydrogen) atoms. The molecule has 5 nitrogen and oxygen atoms in total. The number of carbonyl (C=O) groups excluding carboxylic acids is 1. The van der Waals surface area contributed by atoms with Crippen LogP contribution in [0, 0.1) is 0 Å². The molecule has 0 spiro atoms. The van der Waals surface area contributed by atoms with Crippen molar-refractivity contribution in [1.82, 2.24) is 14.8 Å². The van der Waals surface area contributed by atoms with Crippen molar-refractivity contribution in [3.05, 3.63) is 108 Å². The Morgan fingerprint density at radius 3 is 2.41 bits per heavy atom. The summed E-state index contributed by atoms with van der Waals surface area (Å²) in [5.74, 6) is -0.110. The Hall–Kier alpha value is -4.51. The maximum absolute atomic E-state index is 13.9. The fourth-order valence-corrected chi connectivity index (χ4v) is 4.76. The number of aromatic nitrogens is 3. The highest BCUT2D eigenvalue weighted by molar-refractivity contribution is 6.23. The van der Waals surface area contributed by atoms with Crippen molar-refractivity contribution in [1.29, 1.82) is 0 Å². The molecule has 5 heteroatoms. The van der Waals surface area contributed by atoms with Gasteiger partial charge in [0.1, 0.15) is 5.69 Å². The number of rotatable bonds is 3. The second-order valence-corrected chi connectivity index (χ2v) is 8.62. The van der Waals surface area contributed by atoms with Crippen LogP contribution in [-0.2, 0) is 6.42 Å². The monoisotopic (exact) mass is 442 g/mol. The number of fused-ring (bicyclic) bond motifs is 2. The number of nitrogen functional groups attached to an aromatic ring is 1. The maximum Gasteiger partial charge on any atom is 0.279 e. The quantitative estimate of drug-likeness (QED) is 0.347. The highest BCUT2D eigenvalue weighted by atomic mass is 16.2. The zero-order chi connectivity index (χ0) is 23.2. The summed E-state index contributed by atoms with van der Waals surface area (Å²) in [5.41, 5.74) is 14.8. The van der Waals surface area contributed by atoms with Crippen molar-refractivity contribution < 1.29 is 4.79 Å². The van der Waals surface area contributed by atoms with Crippen LogP contribution < -0.4 is 5.73 Å². The molecular weight excluding hydrogens is 420 g/mol. The molecule has 0 atom stereocenters. The van der Waals surface area contributed by atoms with Gasteiger partial charge in [-0.05, 0) is 48.4 Å². The summed E-state index contributed by atoms with van der Waals surface area (Å²) < 4.78 is 1.59. The smallest absolute Gasteiger partial charge is 0.279 e. The minimum atomic E-state index is -0.110. The zero-order valence-corrected chi connectivity index (χ0v) is 18.7. The van der Waals surface area contributed by atoms with Crippen LogP contribution in [0.15, 0.2) is 96.7 Å². The fourth-order valence-electron chi connectivity index (χ4n) is 4.76. The summed E-state index contributed by atoms with van der Waals surface area (Å²) in [7, 11) is 0. The van der Waals surface area contributed by atoms with Crippen molar-refractivity contribution in [2.45, 2.75) is 13.3 Å². The second-order valence-electron chi connectivity index (χ2n) is 8.62. The summed E-state index contributed by atoms with van der Waals surface area (Å²) in [4.78, 5) is 18.3. The lowest BCUT2D eigenvalue weighted by atomic mass is 9.90. The van der Waals surface area contributed by atoms with Crippen molar-refractivity contribution in [3.8, 4) is 22.4 Å². The minimum Gasteiger partial charge on any atom is -0.399 e. The fraction of sp³-hybridized carbons (Fsp3) is 0.0690. The summed E-state index contributed by atoms with van der Waals surface area (Å²) in [5, 5.41) is 5.87. The first-order valence-electron chi connectivity index (χ1n) is 11.2. The number of hydrogen-bond donors (Lipinski definition) is 1. The SMILES string of the molecule is CC1=C(c2ccc3ncccc3c2)C(=O)n2nc(-c3ccc(N)cc3)c(-c3ccccc3)c2C1. The van der Waals surface area contributed by atoms with Gasteiger partial charge >= 0.3 is 0 Å². The van der Waals surface area contributed by atoms with E-state index in [1.165, 1.54) is 0 Å². The second kappa shape index (κ2) is 7.81. The molecule has 164 valence electrons. The maximum atomic E-state index is 13.9. The molecule has 3 heterocycles. The van der Waals surface area contributed by atoms with Crippen molar-refractivity contribution in [2.24, 2.45) is 0 Å². The summed E-state index contributed by atoms with van der Waals surface area (Å²) >= 11 is 0. The van der Waals surface area contributed by atoms with Crippen LogP contribution >= 0.6 is 0 Å². The molecule has 5 aromatic rings. The highest BCUT2D eigenvalue weighted by Crippen LogP contribution is 2.40. The number of hydrogen-bond acceptors (Lipinski definition) is 4. The van der Waals surface area contributed by atoms with E-state index in [0.29, 0.717) is 17.7 Å². The lowest BCUT2D eigenvalue weighted by molar-refractivity contribution is 0.0958. The van der Waals surface area contributed by atoms with Gasteiger partial charge in [0.25, 0.3) is 5.91 Å². The Balaban J connectivity index is 1.54. The topological polar surface area (TPSA) is 73.8 Å². The van der Waals surface area contributed by atoms with Gasteiger partial charge in [-0.15, -0.1) is 0 Å². The van der Waals surface area contributed by atoms with Gasteiger partial charge in [0.05, 0.1) is 11.2 Å². The number of benzene rings is 3. The van der Waals surface area contributed by atoms with E-state index in [2.05, 4.69) is 17.1 Å². The third kappa shape index (κ3) is 3.21. The third-order valence-corrected chi connectivity index (χ3v) is 6.38. The van der Waals surface area contributed by atoms with Gasteiger partial charge in [-0.3, -0.25) is 9.78 Å². The van der Waals surface area contributed by atoms with E-state index in [0.717, 1.165) is 50.1 Å². The summed E-state index contributed by atoms with van der Waals surface area (Å²) in [6, 6.07) is 27.7. The summed E-state index contributed by atoms with van der Waals surface area (Å²) in [6.45, 7) is 2.04. The molecule has 3 aromatic carbocycles. The lowest BCUT2D eigenvalue weighted by Gasteiger charge is -2.20. The molecule has 0 aliphatic carbocycles. The molecule has 2 N–H and O–H groups in total. The molecule has 0 unspecified atom stereocenters. The van der Waals surface area contributed by atoms with Gasteiger partial charge in [-0.1, -0.05) is 60.2 Å². The number of nitrogens with two attached hydrogens (primary N) is 1. The van der Waals surface area contributed by atoms with E-state index in [1.54, 1.807) is 10.9 Å². The van der Waals surface area contributed by atoms with Crippen LogP contribution in [0.1, 0.15) is 23.0 Å². The molecule has 1 aliphatic heterocycles. The van der Waals surface area contributed by atoms with Gasteiger partial charge in [-0.25, -0.2) is 0 Å². The minimum absolute atomic E-state index is 0.110. The van der Waals surface area contributed by atoms with E-state index in [4.69, 9.17) is 10.8 Å². The number of carbonyl (C=O) groups is 1. The van der Waals surface area contributed by atoms with Crippen molar-refractivity contribution in [2.75, 3.05) is 5.73 Å². The van der Waals surface area contributed by atoms with E-state index in [9.17, 15) is 4.79 Å². The third-order valence-electron chi connectivity index (χ3n) is 6.38. The largest absolute Gasteiger partial charge is 0.399 e. The number of pyridine rings is 1. The molecule has 0 bridgehead atoms. The molecule has 0 radical (unpaired) electrons. The Bertz CT molecular complexity index is 1600. The standard InChI is InChI=1S/C29H22N4O/c1-18-16-25-27(19-6-3-2-4-7-19)28(20-9-12-23(30)13-10-20)32-33(25)29(34)26(18)22-11-14-24-21(17-22)8-5-15-31-24/h2-15,17H,16,30H2,1H3. The van der Waals surface area contributed by atoms with Gasteiger partial charge in [0.2, 0.25) is 0 Å². The molecule has 1 aliphatic rings. The predicted molar refractivity (Wildman–Crippen MR) is 136 cm³/mol. The zero-order valence-electron chi connectivity index (χ0n) is 18.7. The van der Waals surface area contributed by atoms with E-state index < -0.39 is 0 Å².